The smallest absolute Gasteiger partial charge is 0.310 e. The van der Waals surface area contributed by atoms with Crippen LogP contribution in [0.2, 0.25) is 0 Å². The van der Waals surface area contributed by atoms with E-state index in [9.17, 15) is 8.42 Å². The number of rotatable bonds is 6. The van der Waals surface area contributed by atoms with E-state index in [0.29, 0.717) is 12.3 Å². The summed E-state index contributed by atoms with van der Waals surface area (Å²) in [4.78, 5) is 3.86. The molecule has 90 valence electrons. The zero-order valence-corrected chi connectivity index (χ0v) is 10.2. The average Bonchev–Trinajstić information content (AvgIpc) is 2.26. The minimum atomic E-state index is -3.54. The summed E-state index contributed by atoms with van der Waals surface area (Å²) in [6, 6.07) is 4.72. The molecule has 0 fully saturated rings. The van der Waals surface area contributed by atoms with Crippen molar-refractivity contribution in [1.82, 2.24) is 4.98 Å². The Hall–Kier alpha value is -1.30. The highest BCUT2D eigenvalue weighted by Crippen LogP contribution is 2.15. The second-order valence-electron chi connectivity index (χ2n) is 3.22. The largest absolute Gasteiger partial charge is 0.481 e. The number of nitrogens with zero attached hydrogens (tertiary/aromatic N) is 1. The summed E-state index contributed by atoms with van der Waals surface area (Å²) in [6.07, 6.45) is 1.38. The fraction of sp³-hybridized carbons (Fsp3) is 0.500. The Labute approximate surface area is 95.5 Å². The number of unbranched alkanes of at least 4 members (excludes halogenated alkanes) is 1. The molecule has 16 heavy (non-hydrogen) atoms. The first-order valence-electron chi connectivity index (χ1n) is 5.00. The molecule has 0 saturated carbocycles. The molecule has 0 aliphatic carbocycles. The van der Waals surface area contributed by atoms with Crippen molar-refractivity contribution in [3.8, 4) is 11.8 Å². The van der Waals surface area contributed by atoms with Gasteiger partial charge in [0.25, 0.3) is 0 Å². The highest BCUT2D eigenvalue weighted by atomic mass is 32.2. The first-order valence-corrected chi connectivity index (χ1v) is 6.58. The van der Waals surface area contributed by atoms with Crippen LogP contribution in [0.3, 0.4) is 0 Å². The molecule has 0 aliphatic rings. The maximum atomic E-state index is 11.5. The molecule has 0 aromatic carbocycles. The van der Waals surface area contributed by atoms with Crippen molar-refractivity contribution in [2.45, 2.75) is 19.8 Å². The third kappa shape index (κ3) is 4.06. The van der Waals surface area contributed by atoms with Crippen LogP contribution in [0.1, 0.15) is 19.8 Å². The summed E-state index contributed by atoms with van der Waals surface area (Å²) in [5.41, 5.74) is 0. The van der Waals surface area contributed by atoms with E-state index in [1.807, 2.05) is 6.92 Å². The standard InChI is InChI=1S/C10H15NO4S/c1-3-4-8-16(12,13)15-10-7-5-6-9(11-10)14-2/h5-7H,3-4,8H2,1-2H3. The topological polar surface area (TPSA) is 65.5 Å². The van der Waals surface area contributed by atoms with E-state index in [1.165, 1.54) is 13.2 Å². The first kappa shape index (κ1) is 12.8. The fourth-order valence-electron chi connectivity index (χ4n) is 1.05. The van der Waals surface area contributed by atoms with E-state index in [-0.39, 0.29) is 11.6 Å². The summed E-state index contributed by atoms with van der Waals surface area (Å²) >= 11 is 0. The fourth-order valence-corrected chi connectivity index (χ4v) is 2.13. The van der Waals surface area contributed by atoms with Crippen LogP contribution in [-0.4, -0.2) is 26.3 Å². The van der Waals surface area contributed by atoms with Crippen LogP contribution in [0.5, 0.6) is 11.8 Å². The van der Waals surface area contributed by atoms with Crippen LogP contribution in [0, 0.1) is 0 Å². The maximum Gasteiger partial charge on any atom is 0.310 e. The number of hydrogen-bond acceptors (Lipinski definition) is 5. The summed E-state index contributed by atoms with van der Waals surface area (Å²) in [5.74, 6) is 0.362. The summed E-state index contributed by atoms with van der Waals surface area (Å²) in [5, 5.41) is 0. The first-order chi connectivity index (χ1) is 7.57. The van der Waals surface area contributed by atoms with Crippen LogP contribution in [0.25, 0.3) is 0 Å². The van der Waals surface area contributed by atoms with Gasteiger partial charge < -0.3 is 8.92 Å². The SMILES string of the molecule is CCCCS(=O)(=O)Oc1cccc(OC)n1. The Morgan fingerprint density at radius 3 is 2.62 bits per heavy atom. The van der Waals surface area contributed by atoms with E-state index in [4.69, 9.17) is 8.92 Å². The Morgan fingerprint density at radius 2 is 2.00 bits per heavy atom. The monoisotopic (exact) mass is 245 g/mol. The summed E-state index contributed by atoms with van der Waals surface area (Å²) in [7, 11) is -2.08. The van der Waals surface area contributed by atoms with Crippen molar-refractivity contribution in [2.75, 3.05) is 12.9 Å². The molecule has 1 aromatic rings. The molecular weight excluding hydrogens is 230 g/mol. The van der Waals surface area contributed by atoms with Gasteiger partial charge in [0.15, 0.2) is 0 Å². The van der Waals surface area contributed by atoms with Gasteiger partial charge in [0.05, 0.1) is 12.9 Å². The minimum Gasteiger partial charge on any atom is -0.481 e. The Bertz CT molecular complexity index is 430. The lowest BCUT2D eigenvalue weighted by atomic mass is 10.4. The van der Waals surface area contributed by atoms with E-state index in [2.05, 4.69) is 4.98 Å². The minimum absolute atomic E-state index is 0.00237. The van der Waals surface area contributed by atoms with Gasteiger partial charge in [-0.25, -0.2) is 0 Å². The van der Waals surface area contributed by atoms with Crippen LogP contribution in [0.4, 0.5) is 0 Å². The molecule has 1 heterocycles. The van der Waals surface area contributed by atoms with Gasteiger partial charge in [-0.05, 0) is 6.42 Å². The predicted molar refractivity (Wildman–Crippen MR) is 60.1 cm³/mol. The van der Waals surface area contributed by atoms with Gasteiger partial charge in [-0.1, -0.05) is 19.4 Å². The van der Waals surface area contributed by atoms with Gasteiger partial charge in [-0.3, -0.25) is 0 Å². The summed E-state index contributed by atoms with van der Waals surface area (Å²) < 4.78 is 32.6. The third-order valence-corrected chi connectivity index (χ3v) is 3.08. The van der Waals surface area contributed by atoms with Gasteiger partial charge in [-0.15, -0.1) is 0 Å². The van der Waals surface area contributed by atoms with Crippen LogP contribution < -0.4 is 8.92 Å². The lowest BCUT2D eigenvalue weighted by molar-refractivity contribution is 0.389. The molecule has 5 nitrogen and oxygen atoms in total. The third-order valence-electron chi connectivity index (χ3n) is 1.87. The molecule has 0 N–H and O–H groups in total. The second-order valence-corrected chi connectivity index (χ2v) is 4.91. The number of ether oxygens (including phenoxy) is 1. The molecule has 0 atom stereocenters. The van der Waals surface area contributed by atoms with Gasteiger partial charge in [-0.2, -0.15) is 13.4 Å². The van der Waals surface area contributed by atoms with E-state index < -0.39 is 10.1 Å². The molecule has 0 radical (unpaired) electrons. The van der Waals surface area contributed by atoms with Crippen molar-refractivity contribution in [3.05, 3.63) is 18.2 Å². The van der Waals surface area contributed by atoms with Crippen molar-refractivity contribution < 1.29 is 17.3 Å². The lowest BCUT2D eigenvalue weighted by Crippen LogP contribution is -2.14. The maximum absolute atomic E-state index is 11.5. The van der Waals surface area contributed by atoms with E-state index in [0.717, 1.165) is 6.42 Å². The van der Waals surface area contributed by atoms with Crippen LogP contribution in [-0.2, 0) is 10.1 Å². The number of hydrogen-bond donors (Lipinski definition) is 0. The molecule has 0 amide bonds. The number of pyridine rings is 1. The number of methoxy groups -OCH3 is 1. The normalized spacial score (nSPS) is 11.1. The quantitative estimate of drug-likeness (QED) is 0.712. The van der Waals surface area contributed by atoms with Crippen molar-refractivity contribution >= 4 is 10.1 Å². The molecule has 0 aliphatic heterocycles. The van der Waals surface area contributed by atoms with Crippen LogP contribution >= 0.6 is 0 Å². The molecule has 6 heteroatoms. The molecular formula is C10H15NO4S. The van der Waals surface area contributed by atoms with Gasteiger partial charge in [0.2, 0.25) is 11.8 Å². The van der Waals surface area contributed by atoms with E-state index in [1.54, 1.807) is 12.1 Å². The second kappa shape index (κ2) is 5.69. The molecule has 0 bridgehead atoms. The van der Waals surface area contributed by atoms with E-state index >= 15 is 0 Å². The van der Waals surface area contributed by atoms with Gasteiger partial charge in [0, 0.05) is 12.1 Å². The Morgan fingerprint density at radius 1 is 1.31 bits per heavy atom. The highest BCUT2D eigenvalue weighted by molar-refractivity contribution is 7.87. The van der Waals surface area contributed by atoms with Crippen molar-refractivity contribution in [3.63, 3.8) is 0 Å². The molecule has 1 rings (SSSR count). The van der Waals surface area contributed by atoms with Gasteiger partial charge >= 0.3 is 10.1 Å². The Kier molecular flexibility index (Phi) is 4.54. The molecule has 0 spiro atoms. The lowest BCUT2D eigenvalue weighted by Gasteiger charge is -2.06. The summed E-state index contributed by atoms with van der Waals surface area (Å²) in [6.45, 7) is 1.92. The van der Waals surface area contributed by atoms with Crippen molar-refractivity contribution in [2.24, 2.45) is 0 Å². The molecule has 1 aromatic heterocycles. The van der Waals surface area contributed by atoms with Gasteiger partial charge in [0.1, 0.15) is 0 Å². The van der Waals surface area contributed by atoms with Crippen molar-refractivity contribution in [1.29, 1.82) is 0 Å². The Balaban J connectivity index is 2.72. The zero-order valence-electron chi connectivity index (χ0n) is 9.34. The average molecular weight is 245 g/mol. The number of aromatic nitrogens is 1. The predicted octanol–water partition coefficient (Wildman–Crippen LogP) is 1.60. The van der Waals surface area contributed by atoms with Crippen LogP contribution in [0.15, 0.2) is 18.2 Å². The zero-order chi connectivity index (χ0) is 12.0. The molecule has 0 unspecified atom stereocenters. The molecule has 0 saturated heterocycles. The highest BCUT2D eigenvalue weighted by Gasteiger charge is 2.13.